The molecule has 0 aliphatic carbocycles. The van der Waals surface area contributed by atoms with Crippen molar-refractivity contribution < 1.29 is 4.74 Å². The van der Waals surface area contributed by atoms with Crippen molar-refractivity contribution >= 4 is 15.9 Å². The van der Waals surface area contributed by atoms with Gasteiger partial charge in [-0.2, -0.15) is 0 Å². The molecule has 1 heterocycles. The molecule has 1 aromatic rings. The summed E-state index contributed by atoms with van der Waals surface area (Å²) in [6.45, 7) is 6.97. The van der Waals surface area contributed by atoms with Crippen LogP contribution in [0.1, 0.15) is 12.8 Å². The molecule has 0 N–H and O–H groups in total. The van der Waals surface area contributed by atoms with Crippen LogP contribution in [-0.4, -0.2) is 30.6 Å². The highest BCUT2D eigenvalue weighted by Crippen LogP contribution is 2.22. The summed E-state index contributed by atoms with van der Waals surface area (Å²) in [7, 11) is 0. The van der Waals surface area contributed by atoms with E-state index in [-0.39, 0.29) is 0 Å². The normalized spacial score (nSPS) is 17.9. The zero-order valence-corrected chi connectivity index (χ0v) is 11.5. The van der Waals surface area contributed by atoms with Gasteiger partial charge in [-0.25, -0.2) is 0 Å². The molecule has 1 aromatic carbocycles. The molecular weight excluding hydrogens is 278 g/mol. The van der Waals surface area contributed by atoms with Crippen LogP contribution in [0.25, 0.3) is 0 Å². The van der Waals surface area contributed by atoms with Gasteiger partial charge >= 0.3 is 0 Å². The van der Waals surface area contributed by atoms with Crippen LogP contribution in [0.5, 0.6) is 5.75 Å². The minimum atomic E-state index is 0.352. The lowest BCUT2D eigenvalue weighted by molar-refractivity contribution is 0.107. The van der Waals surface area contributed by atoms with Crippen molar-refractivity contribution in [3.05, 3.63) is 41.4 Å². The number of rotatable bonds is 4. The summed E-state index contributed by atoms with van der Waals surface area (Å²) in [5.74, 6) is 0.960. The van der Waals surface area contributed by atoms with Gasteiger partial charge in [-0.15, -0.1) is 6.58 Å². The van der Waals surface area contributed by atoms with Gasteiger partial charge < -0.3 is 4.74 Å². The maximum absolute atomic E-state index is 5.98. The van der Waals surface area contributed by atoms with E-state index in [1.54, 1.807) is 0 Å². The molecule has 0 amide bonds. The summed E-state index contributed by atoms with van der Waals surface area (Å²) in [5, 5.41) is 0. The van der Waals surface area contributed by atoms with Crippen molar-refractivity contribution in [3.8, 4) is 5.75 Å². The van der Waals surface area contributed by atoms with E-state index >= 15 is 0 Å². The summed E-state index contributed by atoms with van der Waals surface area (Å²) in [4.78, 5) is 2.41. The SMILES string of the molecule is C=CCN1CCC(Oc2cccc(Br)c2)CC1. The van der Waals surface area contributed by atoms with Crippen molar-refractivity contribution in [3.63, 3.8) is 0 Å². The molecule has 0 aromatic heterocycles. The van der Waals surface area contributed by atoms with E-state index in [2.05, 4.69) is 27.4 Å². The van der Waals surface area contributed by atoms with Crippen LogP contribution in [0.2, 0.25) is 0 Å². The molecule has 92 valence electrons. The molecule has 0 bridgehead atoms. The summed E-state index contributed by atoms with van der Waals surface area (Å²) in [6, 6.07) is 8.06. The lowest BCUT2D eigenvalue weighted by Crippen LogP contribution is -2.38. The number of hydrogen-bond acceptors (Lipinski definition) is 2. The summed E-state index contributed by atoms with van der Waals surface area (Å²) >= 11 is 3.46. The van der Waals surface area contributed by atoms with Crippen molar-refractivity contribution in [1.82, 2.24) is 4.90 Å². The smallest absolute Gasteiger partial charge is 0.120 e. The Bertz CT molecular complexity index is 372. The zero-order valence-electron chi connectivity index (χ0n) is 9.94. The first-order valence-electron chi connectivity index (χ1n) is 6.03. The van der Waals surface area contributed by atoms with E-state index < -0.39 is 0 Å². The minimum Gasteiger partial charge on any atom is -0.490 e. The predicted octanol–water partition coefficient (Wildman–Crippen LogP) is 3.48. The van der Waals surface area contributed by atoms with Crippen molar-refractivity contribution in [2.24, 2.45) is 0 Å². The Morgan fingerprint density at radius 2 is 2.18 bits per heavy atom. The van der Waals surface area contributed by atoms with E-state index in [0.29, 0.717) is 6.10 Å². The monoisotopic (exact) mass is 295 g/mol. The third-order valence-electron chi connectivity index (χ3n) is 3.02. The fourth-order valence-electron chi connectivity index (χ4n) is 2.13. The highest BCUT2D eigenvalue weighted by atomic mass is 79.9. The van der Waals surface area contributed by atoms with Crippen LogP contribution < -0.4 is 4.74 Å². The Balaban J connectivity index is 1.83. The van der Waals surface area contributed by atoms with Crippen LogP contribution in [0.3, 0.4) is 0 Å². The Kier molecular flexibility index (Phi) is 4.63. The van der Waals surface area contributed by atoms with Crippen LogP contribution in [-0.2, 0) is 0 Å². The fraction of sp³-hybridized carbons (Fsp3) is 0.429. The number of benzene rings is 1. The molecular formula is C14H18BrNO. The molecule has 17 heavy (non-hydrogen) atoms. The van der Waals surface area contributed by atoms with E-state index in [9.17, 15) is 0 Å². The number of nitrogens with zero attached hydrogens (tertiary/aromatic N) is 1. The molecule has 2 nitrogen and oxygen atoms in total. The quantitative estimate of drug-likeness (QED) is 0.789. The van der Waals surface area contributed by atoms with Gasteiger partial charge in [0, 0.05) is 24.1 Å². The maximum Gasteiger partial charge on any atom is 0.120 e. The fourth-order valence-corrected chi connectivity index (χ4v) is 2.50. The van der Waals surface area contributed by atoms with E-state index in [4.69, 9.17) is 4.74 Å². The van der Waals surface area contributed by atoms with Gasteiger partial charge in [-0.3, -0.25) is 4.90 Å². The Morgan fingerprint density at radius 1 is 1.41 bits per heavy atom. The van der Waals surface area contributed by atoms with E-state index in [1.807, 2.05) is 30.3 Å². The molecule has 0 spiro atoms. The molecule has 1 aliphatic rings. The van der Waals surface area contributed by atoms with Gasteiger partial charge in [-0.1, -0.05) is 28.1 Å². The number of ether oxygens (including phenoxy) is 1. The number of halogens is 1. The van der Waals surface area contributed by atoms with E-state index in [1.165, 1.54) is 0 Å². The molecule has 1 fully saturated rings. The summed E-state index contributed by atoms with van der Waals surface area (Å²) in [5.41, 5.74) is 0. The average Bonchev–Trinajstić information content (AvgIpc) is 2.32. The second kappa shape index (κ2) is 6.22. The molecule has 3 heteroatoms. The van der Waals surface area contributed by atoms with Crippen molar-refractivity contribution in [1.29, 1.82) is 0 Å². The number of likely N-dealkylation sites (tertiary alicyclic amines) is 1. The molecule has 1 aliphatic heterocycles. The van der Waals surface area contributed by atoms with Crippen LogP contribution in [0, 0.1) is 0 Å². The molecule has 0 unspecified atom stereocenters. The zero-order chi connectivity index (χ0) is 12.1. The third-order valence-corrected chi connectivity index (χ3v) is 3.51. The Morgan fingerprint density at radius 3 is 2.82 bits per heavy atom. The van der Waals surface area contributed by atoms with Crippen molar-refractivity contribution in [2.75, 3.05) is 19.6 Å². The minimum absolute atomic E-state index is 0.352. The Labute approximate surface area is 111 Å². The largest absolute Gasteiger partial charge is 0.490 e. The Hall–Kier alpha value is -0.800. The second-order valence-corrected chi connectivity index (χ2v) is 5.28. The molecule has 0 atom stereocenters. The van der Waals surface area contributed by atoms with Crippen LogP contribution >= 0.6 is 15.9 Å². The van der Waals surface area contributed by atoms with Gasteiger partial charge in [0.15, 0.2) is 0 Å². The van der Waals surface area contributed by atoms with Gasteiger partial charge in [0.1, 0.15) is 11.9 Å². The third kappa shape index (κ3) is 3.86. The van der Waals surface area contributed by atoms with Gasteiger partial charge in [0.05, 0.1) is 0 Å². The highest BCUT2D eigenvalue weighted by Gasteiger charge is 2.19. The molecule has 1 saturated heterocycles. The standard InChI is InChI=1S/C14H18BrNO/c1-2-8-16-9-6-13(7-10-16)17-14-5-3-4-12(15)11-14/h2-5,11,13H,1,6-10H2. The average molecular weight is 296 g/mol. The number of piperidine rings is 1. The van der Waals surface area contributed by atoms with Crippen LogP contribution in [0.15, 0.2) is 41.4 Å². The van der Waals surface area contributed by atoms with Gasteiger partial charge in [0.2, 0.25) is 0 Å². The molecule has 0 saturated carbocycles. The molecule has 0 radical (unpaired) electrons. The summed E-state index contributed by atoms with van der Waals surface area (Å²) < 4.78 is 7.05. The topological polar surface area (TPSA) is 12.5 Å². The lowest BCUT2D eigenvalue weighted by atomic mass is 10.1. The van der Waals surface area contributed by atoms with Crippen LogP contribution in [0.4, 0.5) is 0 Å². The van der Waals surface area contributed by atoms with Crippen molar-refractivity contribution in [2.45, 2.75) is 18.9 Å². The summed E-state index contributed by atoms with van der Waals surface area (Å²) in [6.07, 6.45) is 4.52. The lowest BCUT2D eigenvalue weighted by Gasteiger charge is -2.31. The first-order chi connectivity index (χ1) is 8.28. The number of hydrogen-bond donors (Lipinski definition) is 0. The maximum atomic E-state index is 5.98. The highest BCUT2D eigenvalue weighted by molar-refractivity contribution is 9.10. The molecule has 2 rings (SSSR count). The first-order valence-corrected chi connectivity index (χ1v) is 6.82. The predicted molar refractivity (Wildman–Crippen MR) is 74.4 cm³/mol. The van der Waals surface area contributed by atoms with Gasteiger partial charge in [0.25, 0.3) is 0 Å². The second-order valence-electron chi connectivity index (χ2n) is 4.36. The van der Waals surface area contributed by atoms with E-state index in [0.717, 1.165) is 42.7 Å². The first kappa shape index (κ1) is 12.7. The van der Waals surface area contributed by atoms with Gasteiger partial charge in [-0.05, 0) is 31.0 Å².